The van der Waals surface area contributed by atoms with Crippen LogP contribution < -0.4 is 5.32 Å². The number of halogens is 1. The Hall–Kier alpha value is -1.31. The van der Waals surface area contributed by atoms with Crippen molar-refractivity contribution < 1.29 is 19.4 Å². The van der Waals surface area contributed by atoms with Gasteiger partial charge in [-0.2, -0.15) is 0 Å². The van der Waals surface area contributed by atoms with Crippen molar-refractivity contribution in [3.05, 3.63) is 35.9 Å². The number of alkyl halides is 1. The summed E-state index contributed by atoms with van der Waals surface area (Å²) in [5.41, 5.74) is 0.851. The Bertz CT molecular complexity index is 382. The maximum Gasteiger partial charge on any atom is 0.408 e. The van der Waals surface area contributed by atoms with Gasteiger partial charge in [-0.3, -0.25) is 0 Å². The summed E-state index contributed by atoms with van der Waals surface area (Å²) in [6.07, 6.45) is -0.724. The Kier molecular flexibility index (Phi) is 5.75. The van der Waals surface area contributed by atoms with Crippen LogP contribution in [0.25, 0.3) is 0 Å². The fraction of sp³-hybridized carbons (Fsp3) is 0.273. The van der Waals surface area contributed by atoms with Gasteiger partial charge in [0.1, 0.15) is 12.6 Å². The van der Waals surface area contributed by atoms with Crippen molar-refractivity contribution >= 4 is 34.7 Å². The number of nitrogens with one attached hydrogen (secondary N) is 1. The summed E-state index contributed by atoms with van der Waals surface area (Å²) < 4.78 is 5.18. The molecule has 0 spiro atoms. The van der Waals surface area contributed by atoms with Gasteiger partial charge in [-0.25, -0.2) is 9.59 Å². The Morgan fingerprint density at radius 2 is 2.00 bits per heavy atom. The Labute approximate surface area is 112 Å². The second-order valence-electron chi connectivity index (χ2n) is 3.25. The van der Waals surface area contributed by atoms with Crippen LogP contribution in [0.15, 0.2) is 30.3 Å². The number of carboxylic acid groups (broad SMARTS) is 1. The first-order valence-electron chi connectivity index (χ1n) is 4.89. The Morgan fingerprint density at radius 3 is 2.53 bits per heavy atom. The van der Waals surface area contributed by atoms with Gasteiger partial charge in [0, 0.05) is 4.43 Å². The van der Waals surface area contributed by atoms with Crippen LogP contribution >= 0.6 is 22.6 Å². The lowest BCUT2D eigenvalue weighted by molar-refractivity contribution is -0.138. The number of ether oxygens (including phenoxy) is 1. The molecule has 1 aromatic carbocycles. The van der Waals surface area contributed by atoms with Crippen molar-refractivity contribution in [3.8, 4) is 0 Å². The third-order valence-electron chi connectivity index (χ3n) is 1.96. The molecule has 0 aliphatic heterocycles. The van der Waals surface area contributed by atoms with Crippen LogP contribution in [0.4, 0.5) is 4.79 Å². The van der Waals surface area contributed by atoms with Gasteiger partial charge in [0.15, 0.2) is 0 Å². The van der Waals surface area contributed by atoms with E-state index in [4.69, 9.17) is 9.84 Å². The van der Waals surface area contributed by atoms with Gasteiger partial charge < -0.3 is 15.2 Å². The Morgan fingerprint density at radius 1 is 1.35 bits per heavy atom. The molecule has 1 atom stereocenters. The highest BCUT2D eigenvalue weighted by molar-refractivity contribution is 14.1. The van der Waals surface area contributed by atoms with Gasteiger partial charge in [0.05, 0.1) is 0 Å². The minimum atomic E-state index is -1.07. The van der Waals surface area contributed by atoms with Crippen molar-refractivity contribution in [3.63, 3.8) is 0 Å². The van der Waals surface area contributed by atoms with Gasteiger partial charge >= 0.3 is 12.1 Å². The molecule has 5 nitrogen and oxygen atoms in total. The van der Waals surface area contributed by atoms with Crippen molar-refractivity contribution in [1.82, 2.24) is 5.32 Å². The van der Waals surface area contributed by atoms with Crippen LogP contribution in [0.1, 0.15) is 5.56 Å². The molecule has 1 amide bonds. The van der Waals surface area contributed by atoms with Gasteiger partial charge in [0.25, 0.3) is 0 Å². The SMILES string of the molecule is O=C(NC(CI)C(=O)O)OCc1ccccc1. The first kappa shape index (κ1) is 13.8. The van der Waals surface area contributed by atoms with Crippen LogP contribution in [-0.4, -0.2) is 27.6 Å². The minimum Gasteiger partial charge on any atom is -0.480 e. The molecule has 2 N–H and O–H groups in total. The average molecular weight is 349 g/mol. The van der Waals surface area contributed by atoms with Crippen LogP contribution in [0, 0.1) is 0 Å². The normalized spacial score (nSPS) is 11.6. The largest absolute Gasteiger partial charge is 0.480 e. The summed E-state index contributed by atoms with van der Waals surface area (Å²) in [4.78, 5) is 22.0. The predicted octanol–water partition coefficient (Wildman–Crippen LogP) is 1.80. The second kappa shape index (κ2) is 7.10. The van der Waals surface area contributed by atoms with Gasteiger partial charge in [-0.1, -0.05) is 52.9 Å². The van der Waals surface area contributed by atoms with E-state index in [1.54, 1.807) is 0 Å². The molecule has 0 radical (unpaired) electrons. The van der Waals surface area contributed by atoms with E-state index in [-0.39, 0.29) is 11.0 Å². The number of carbonyl (C=O) groups is 2. The highest BCUT2D eigenvalue weighted by Gasteiger charge is 2.18. The number of hydrogen-bond acceptors (Lipinski definition) is 3. The summed E-state index contributed by atoms with van der Waals surface area (Å²) in [7, 11) is 0. The molecule has 6 heteroatoms. The molecular formula is C11H12INO4. The van der Waals surface area contributed by atoms with E-state index in [2.05, 4.69) is 5.32 Å². The monoisotopic (exact) mass is 349 g/mol. The van der Waals surface area contributed by atoms with Crippen LogP contribution in [0.5, 0.6) is 0 Å². The number of amides is 1. The molecule has 0 fully saturated rings. The number of hydrogen-bond donors (Lipinski definition) is 2. The second-order valence-corrected chi connectivity index (χ2v) is 4.13. The standard InChI is InChI=1S/C11H12INO4/c12-6-9(10(14)15)13-11(16)17-7-8-4-2-1-3-5-8/h1-5,9H,6-7H2,(H,13,16)(H,14,15). The first-order valence-corrected chi connectivity index (χ1v) is 6.42. The molecule has 0 aromatic heterocycles. The third-order valence-corrected chi connectivity index (χ3v) is 2.84. The molecule has 0 heterocycles. The van der Waals surface area contributed by atoms with E-state index < -0.39 is 18.1 Å². The highest BCUT2D eigenvalue weighted by atomic mass is 127. The predicted molar refractivity (Wildman–Crippen MR) is 70.1 cm³/mol. The first-order chi connectivity index (χ1) is 8.13. The summed E-state index contributed by atoms with van der Waals surface area (Å²) in [6, 6.07) is 8.25. The lowest BCUT2D eigenvalue weighted by Crippen LogP contribution is -2.42. The highest BCUT2D eigenvalue weighted by Crippen LogP contribution is 2.01. The summed E-state index contributed by atoms with van der Waals surface area (Å²) >= 11 is 1.89. The molecule has 0 aliphatic carbocycles. The molecule has 0 aliphatic rings. The smallest absolute Gasteiger partial charge is 0.408 e. The number of aliphatic carboxylic acids is 1. The molecular weight excluding hydrogens is 337 g/mol. The van der Waals surface area contributed by atoms with Crippen molar-refractivity contribution in [2.24, 2.45) is 0 Å². The van der Waals surface area contributed by atoms with Crippen molar-refractivity contribution in [2.45, 2.75) is 12.6 Å². The molecule has 1 unspecified atom stereocenters. The molecule has 1 aromatic rings. The molecule has 17 heavy (non-hydrogen) atoms. The number of carboxylic acids is 1. The number of alkyl carbamates (subject to hydrolysis) is 1. The third kappa shape index (κ3) is 5.03. The minimum absolute atomic E-state index is 0.125. The molecule has 0 saturated heterocycles. The van der Waals surface area contributed by atoms with Gasteiger partial charge in [-0.15, -0.1) is 0 Å². The fourth-order valence-corrected chi connectivity index (χ4v) is 1.67. The number of carbonyl (C=O) groups excluding carboxylic acids is 1. The number of benzene rings is 1. The lowest BCUT2D eigenvalue weighted by Gasteiger charge is -2.11. The zero-order valence-electron chi connectivity index (χ0n) is 8.93. The van der Waals surface area contributed by atoms with Gasteiger partial charge in [0.2, 0.25) is 0 Å². The molecule has 0 bridgehead atoms. The van der Waals surface area contributed by atoms with Crippen molar-refractivity contribution in [2.75, 3.05) is 4.43 Å². The zero-order chi connectivity index (χ0) is 12.7. The number of rotatable bonds is 5. The van der Waals surface area contributed by atoms with E-state index in [0.717, 1.165) is 5.56 Å². The van der Waals surface area contributed by atoms with Crippen LogP contribution in [0.3, 0.4) is 0 Å². The zero-order valence-corrected chi connectivity index (χ0v) is 11.1. The van der Waals surface area contributed by atoms with Crippen LogP contribution in [-0.2, 0) is 16.1 Å². The van der Waals surface area contributed by atoms with Crippen molar-refractivity contribution in [1.29, 1.82) is 0 Å². The van der Waals surface area contributed by atoms with Crippen LogP contribution in [0.2, 0.25) is 0 Å². The molecule has 92 valence electrons. The van der Waals surface area contributed by atoms with E-state index in [1.807, 2.05) is 52.9 Å². The fourth-order valence-electron chi connectivity index (χ4n) is 1.07. The maximum absolute atomic E-state index is 11.3. The van der Waals surface area contributed by atoms with E-state index >= 15 is 0 Å². The summed E-state index contributed by atoms with van der Waals surface area (Å²) in [5.74, 6) is -1.07. The van der Waals surface area contributed by atoms with E-state index in [1.165, 1.54) is 0 Å². The van der Waals surface area contributed by atoms with E-state index in [0.29, 0.717) is 0 Å². The quantitative estimate of drug-likeness (QED) is 0.628. The average Bonchev–Trinajstić information content (AvgIpc) is 2.34. The molecule has 1 rings (SSSR count). The maximum atomic E-state index is 11.3. The Balaban J connectivity index is 2.37. The van der Waals surface area contributed by atoms with E-state index in [9.17, 15) is 9.59 Å². The lowest BCUT2D eigenvalue weighted by atomic mass is 10.2. The topological polar surface area (TPSA) is 75.6 Å². The summed E-state index contributed by atoms with van der Waals surface area (Å²) in [5, 5.41) is 11.0. The van der Waals surface area contributed by atoms with Gasteiger partial charge in [-0.05, 0) is 5.56 Å². The summed E-state index contributed by atoms with van der Waals surface area (Å²) in [6.45, 7) is 0.125. The molecule has 0 saturated carbocycles.